The van der Waals surface area contributed by atoms with E-state index >= 15 is 0 Å². The normalized spacial score (nSPS) is 30.4. The van der Waals surface area contributed by atoms with E-state index in [1.165, 1.54) is 0 Å². The van der Waals surface area contributed by atoms with E-state index in [1.807, 2.05) is 43.4 Å². The van der Waals surface area contributed by atoms with Gasteiger partial charge in [0.25, 0.3) is 0 Å². The molecule has 4 atom stereocenters. The van der Waals surface area contributed by atoms with E-state index in [0.717, 1.165) is 18.4 Å². The SMILES string of the molecule is CN(Cc1ccncc1)C(=O)[C@@H]1[C@@H]2CC[C@]3(CC(=O)c4ccccc4O3)[C@H]21. The maximum absolute atomic E-state index is 13.0. The second-order valence-corrected chi connectivity index (χ2v) is 8.07. The minimum Gasteiger partial charge on any atom is -0.486 e. The van der Waals surface area contributed by atoms with Crippen molar-refractivity contribution in [3.05, 3.63) is 59.9 Å². The number of rotatable bonds is 3. The van der Waals surface area contributed by atoms with Crippen LogP contribution >= 0.6 is 0 Å². The number of ketones is 1. The summed E-state index contributed by atoms with van der Waals surface area (Å²) in [6.45, 7) is 0.576. The largest absolute Gasteiger partial charge is 0.486 e. The second kappa shape index (κ2) is 5.91. The van der Waals surface area contributed by atoms with E-state index in [1.54, 1.807) is 17.3 Å². The van der Waals surface area contributed by atoms with Crippen LogP contribution in [-0.4, -0.2) is 34.2 Å². The average Bonchev–Trinajstić information content (AvgIpc) is 3.32. The number of ether oxygens (including phenoxy) is 1. The van der Waals surface area contributed by atoms with Crippen molar-refractivity contribution in [1.82, 2.24) is 9.88 Å². The second-order valence-electron chi connectivity index (χ2n) is 8.07. The number of fused-ring (bicyclic) bond motifs is 3. The van der Waals surface area contributed by atoms with Gasteiger partial charge in [0, 0.05) is 37.8 Å². The first-order chi connectivity index (χ1) is 13.1. The highest BCUT2D eigenvalue weighted by molar-refractivity contribution is 6.00. The molecule has 5 heteroatoms. The highest BCUT2D eigenvalue weighted by Gasteiger charge is 2.70. The van der Waals surface area contributed by atoms with Gasteiger partial charge in [0.1, 0.15) is 11.4 Å². The van der Waals surface area contributed by atoms with E-state index in [0.29, 0.717) is 30.2 Å². The molecule has 1 aromatic carbocycles. The molecule has 2 aliphatic carbocycles. The molecule has 2 aromatic rings. The summed E-state index contributed by atoms with van der Waals surface area (Å²) in [6.07, 6.45) is 5.70. The van der Waals surface area contributed by atoms with Gasteiger partial charge in [0.15, 0.2) is 5.78 Å². The fourth-order valence-electron chi connectivity index (χ4n) is 5.19. The zero-order valence-corrected chi connectivity index (χ0v) is 15.3. The number of carbonyl (C=O) groups excluding carboxylic acids is 2. The number of Topliss-reactive ketones (excluding diaryl/α,β-unsaturated/α-hetero) is 1. The highest BCUT2D eigenvalue weighted by Crippen LogP contribution is 2.66. The Bertz CT molecular complexity index is 913. The van der Waals surface area contributed by atoms with Crippen LogP contribution in [0.4, 0.5) is 0 Å². The van der Waals surface area contributed by atoms with Gasteiger partial charge in [0.05, 0.1) is 12.0 Å². The fourth-order valence-corrected chi connectivity index (χ4v) is 5.19. The lowest BCUT2D eigenvalue weighted by molar-refractivity contribution is -0.133. The van der Waals surface area contributed by atoms with Crippen molar-refractivity contribution in [3.8, 4) is 5.75 Å². The van der Waals surface area contributed by atoms with E-state index in [2.05, 4.69) is 4.98 Å². The predicted molar refractivity (Wildman–Crippen MR) is 99.2 cm³/mol. The van der Waals surface area contributed by atoms with Gasteiger partial charge in [0.2, 0.25) is 5.91 Å². The molecule has 5 rings (SSSR count). The molecule has 1 amide bonds. The van der Waals surface area contributed by atoms with Gasteiger partial charge in [-0.15, -0.1) is 0 Å². The van der Waals surface area contributed by atoms with Crippen LogP contribution in [0.1, 0.15) is 35.2 Å². The van der Waals surface area contributed by atoms with Crippen molar-refractivity contribution < 1.29 is 14.3 Å². The van der Waals surface area contributed by atoms with Crippen LogP contribution in [0.25, 0.3) is 0 Å². The Labute approximate surface area is 158 Å². The molecule has 0 radical (unpaired) electrons. The molecular formula is C22H22N2O3. The Hall–Kier alpha value is -2.69. The van der Waals surface area contributed by atoms with Gasteiger partial charge >= 0.3 is 0 Å². The number of amides is 1. The molecule has 27 heavy (non-hydrogen) atoms. The molecule has 2 saturated carbocycles. The third kappa shape index (κ3) is 2.56. The summed E-state index contributed by atoms with van der Waals surface area (Å²) in [5, 5.41) is 0. The van der Waals surface area contributed by atoms with Crippen LogP contribution in [0.2, 0.25) is 0 Å². The summed E-state index contributed by atoms with van der Waals surface area (Å²) in [4.78, 5) is 31.5. The van der Waals surface area contributed by atoms with Crippen LogP contribution in [0.15, 0.2) is 48.8 Å². The average molecular weight is 362 g/mol. The summed E-state index contributed by atoms with van der Waals surface area (Å²) in [5.41, 5.74) is 1.25. The summed E-state index contributed by atoms with van der Waals surface area (Å²) >= 11 is 0. The summed E-state index contributed by atoms with van der Waals surface area (Å²) in [7, 11) is 1.85. The number of para-hydroxylation sites is 1. The van der Waals surface area contributed by atoms with Crippen molar-refractivity contribution in [1.29, 1.82) is 0 Å². The third-order valence-electron chi connectivity index (χ3n) is 6.47. The lowest BCUT2D eigenvalue weighted by Gasteiger charge is -2.37. The number of nitrogens with zero attached hydrogens (tertiary/aromatic N) is 2. The van der Waals surface area contributed by atoms with Crippen LogP contribution in [-0.2, 0) is 11.3 Å². The lowest BCUT2D eigenvalue weighted by atomic mass is 9.84. The van der Waals surface area contributed by atoms with Crippen molar-refractivity contribution in [3.63, 3.8) is 0 Å². The maximum atomic E-state index is 13.0. The van der Waals surface area contributed by atoms with Gasteiger partial charge < -0.3 is 9.64 Å². The highest BCUT2D eigenvalue weighted by atomic mass is 16.5. The van der Waals surface area contributed by atoms with Crippen molar-refractivity contribution in [2.75, 3.05) is 7.05 Å². The third-order valence-corrected chi connectivity index (χ3v) is 6.47. The van der Waals surface area contributed by atoms with Crippen LogP contribution in [0.3, 0.4) is 0 Å². The molecule has 2 fully saturated rings. The van der Waals surface area contributed by atoms with Crippen LogP contribution in [0.5, 0.6) is 5.75 Å². The first kappa shape index (κ1) is 16.5. The number of aromatic nitrogens is 1. The quantitative estimate of drug-likeness (QED) is 0.842. The van der Waals surface area contributed by atoms with Crippen molar-refractivity contribution >= 4 is 11.7 Å². The Balaban J connectivity index is 1.34. The van der Waals surface area contributed by atoms with Gasteiger partial charge in [-0.3, -0.25) is 14.6 Å². The molecule has 0 saturated heterocycles. The minimum atomic E-state index is -0.492. The van der Waals surface area contributed by atoms with E-state index < -0.39 is 5.60 Å². The number of hydrogen-bond acceptors (Lipinski definition) is 4. The van der Waals surface area contributed by atoms with Crippen LogP contribution < -0.4 is 4.74 Å². The van der Waals surface area contributed by atoms with E-state index in [-0.39, 0.29) is 23.5 Å². The molecule has 138 valence electrons. The fraction of sp³-hybridized carbons (Fsp3) is 0.409. The summed E-state index contributed by atoms with van der Waals surface area (Å²) in [5.74, 6) is 1.45. The van der Waals surface area contributed by atoms with Gasteiger partial charge in [-0.2, -0.15) is 0 Å². The van der Waals surface area contributed by atoms with Gasteiger partial charge in [-0.25, -0.2) is 0 Å². The van der Waals surface area contributed by atoms with Gasteiger partial charge in [-0.05, 0) is 48.6 Å². The monoisotopic (exact) mass is 362 g/mol. The number of benzene rings is 1. The molecule has 3 aliphatic rings. The maximum Gasteiger partial charge on any atom is 0.226 e. The zero-order valence-electron chi connectivity index (χ0n) is 15.3. The Morgan fingerprint density at radius 1 is 1.26 bits per heavy atom. The minimum absolute atomic E-state index is 0.0244. The number of hydrogen-bond donors (Lipinski definition) is 0. The lowest BCUT2D eigenvalue weighted by Crippen LogP contribution is -2.44. The molecule has 5 nitrogen and oxygen atoms in total. The molecule has 0 N–H and O–H groups in total. The Morgan fingerprint density at radius 2 is 2.04 bits per heavy atom. The molecule has 1 spiro atoms. The van der Waals surface area contributed by atoms with Gasteiger partial charge in [-0.1, -0.05) is 12.1 Å². The smallest absolute Gasteiger partial charge is 0.226 e. The van der Waals surface area contributed by atoms with E-state index in [4.69, 9.17) is 4.74 Å². The molecule has 0 unspecified atom stereocenters. The zero-order chi connectivity index (χ0) is 18.6. The molecule has 1 aliphatic heterocycles. The van der Waals surface area contributed by atoms with E-state index in [9.17, 15) is 9.59 Å². The number of carbonyl (C=O) groups is 2. The first-order valence-electron chi connectivity index (χ1n) is 9.54. The van der Waals surface area contributed by atoms with Crippen molar-refractivity contribution in [2.24, 2.45) is 17.8 Å². The predicted octanol–water partition coefficient (Wildman–Crippen LogP) is 3.10. The molecule has 2 heterocycles. The topological polar surface area (TPSA) is 59.5 Å². The van der Waals surface area contributed by atoms with Crippen molar-refractivity contribution in [2.45, 2.75) is 31.4 Å². The first-order valence-corrected chi connectivity index (χ1v) is 9.54. The van der Waals surface area contributed by atoms with Crippen LogP contribution in [0, 0.1) is 17.8 Å². The Kier molecular flexibility index (Phi) is 3.61. The standard InChI is InChI=1S/C22H22N2O3/c1-24(13-14-7-10-23-11-8-14)21(26)19-16-6-9-22(20(16)19)12-17(25)15-4-2-3-5-18(15)27-22/h2-5,7-8,10-11,16,19-20H,6,9,12-13H2,1H3/t16-,19+,20+,22-/m0/s1. The molecule has 0 bridgehead atoms. The molecular weight excluding hydrogens is 340 g/mol. The summed E-state index contributed by atoms with van der Waals surface area (Å²) < 4.78 is 6.38. The Morgan fingerprint density at radius 3 is 2.85 bits per heavy atom. The molecule has 1 aromatic heterocycles. The summed E-state index contributed by atoms with van der Waals surface area (Å²) in [6, 6.07) is 11.3. The number of pyridine rings is 1.